The Labute approximate surface area is 98.7 Å². The quantitative estimate of drug-likeness (QED) is 0.803. The van der Waals surface area contributed by atoms with Crippen LogP contribution in [0.4, 0.5) is 18.9 Å². The third-order valence-electron chi connectivity index (χ3n) is 1.75. The fourth-order valence-corrected chi connectivity index (χ4v) is 1.05. The number of anilines is 1. The van der Waals surface area contributed by atoms with Crippen molar-refractivity contribution in [1.29, 1.82) is 5.26 Å². The third-order valence-corrected chi connectivity index (χ3v) is 1.75. The van der Waals surface area contributed by atoms with Gasteiger partial charge in [0.05, 0.1) is 18.4 Å². The van der Waals surface area contributed by atoms with Gasteiger partial charge in [0.2, 0.25) is 5.88 Å². The van der Waals surface area contributed by atoms with Crippen LogP contribution in [0, 0.1) is 11.3 Å². The number of carbonyl (C=O) groups is 1. The van der Waals surface area contributed by atoms with Gasteiger partial charge in [0.15, 0.2) is 5.69 Å². The fraction of sp³-hybridized carbons (Fsp3) is 0.222. The number of nitrogens with two attached hydrogens (primary N) is 1. The molecule has 0 unspecified atom stereocenters. The lowest BCUT2D eigenvalue weighted by molar-refractivity contribution is -0.276. The maximum absolute atomic E-state index is 12.0. The Balaban J connectivity index is 3.32. The number of ether oxygens (including phenoxy) is 2. The molecule has 2 N–H and O–H groups in total. The Bertz CT molecular complexity index is 522. The zero-order chi connectivity index (χ0) is 13.9. The zero-order valence-electron chi connectivity index (χ0n) is 8.91. The molecule has 96 valence electrons. The summed E-state index contributed by atoms with van der Waals surface area (Å²) < 4.78 is 43.8. The lowest BCUT2D eigenvalue weighted by Crippen LogP contribution is -2.19. The Kier molecular flexibility index (Phi) is 3.61. The average molecular weight is 261 g/mol. The number of carbonyl (C=O) groups excluding carboxylic acids is 1. The maximum atomic E-state index is 12.0. The molecule has 1 rings (SSSR count). The summed E-state index contributed by atoms with van der Waals surface area (Å²) in [6, 6.07) is 2.20. The summed E-state index contributed by atoms with van der Waals surface area (Å²) in [5.41, 5.74) is 4.02. The number of pyridine rings is 1. The van der Waals surface area contributed by atoms with E-state index in [1.165, 1.54) is 6.07 Å². The molecule has 0 spiro atoms. The molecule has 0 atom stereocenters. The normalized spacial score (nSPS) is 10.6. The van der Waals surface area contributed by atoms with Crippen molar-refractivity contribution in [3.63, 3.8) is 0 Å². The van der Waals surface area contributed by atoms with Crippen LogP contribution in [0.3, 0.4) is 0 Å². The molecule has 0 radical (unpaired) electrons. The highest BCUT2D eigenvalue weighted by Crippen LogP contribution is 2.26. The summed E-state index contributed by atoms with van der Waals surface area (Å²) in [7, 11) is 0.993. The predicted molar refractivity (Wildman–Crippen MR) is 51.4 cm³/mol. The van der Waals surface area contributed by atoms with E-state index in [0.29, 0.717) is 6.07 Å². The molecular weight excluding hydrogens is 255 g/mol. The van der Waals surface area contributed by atoms with Crippen LogP contribution < -0.4 is 10.5 Å². The molecule has 0 fully saturated rings. The van der Waals surface area contributed by atoms with Crippen LogP contribution >= 0.6 is 0 Å². The summed E-state index contributed by atoms with van der Waals surface area (Å²) in [5, 5.41) is 8.67. The number of hydrogen-bond acceptors (Lipinski definition) is 6. The largest absolute Gasteiger partial charge is 0.574 e. The van der Waals surface area contributed by atoms with Crippen molar-refractivity contribution in [3.8, 4) is 11.9 Å². The van der Waals surface area contributed by atoms with E-state index in [9.17, 15) is 18.0 Å². The lowest BCUT2D eigenvalue weighted by atomic mass is 10.2. The molecule has 0 saturated heterocycles. The minimum Gasteiger partial charge on any atom is -0.464 e. The van der Waals surface area contributed by atoms with Crippen molar-refractivity contribution in [3.05, 3.63) is 17.3 Å². The first-order valence-corrected chi connectivity index (χ1v) is 4.33. The highest BCUT2D eigenvalue weighted by Gasteiger charge is 2.33. The second-order valence-electron chi connectivity index (χ2n) is 2.92. The molecule has 0 amide bonds. The standard InChI is InChI=1S/C9H6F3N3O3/c1-17-8(16)7-6(14)4(3-13)2-5(15-7)18-9(10,11)12/h2H,14H2,1H3. The van der Waals surface area contributed by atoms with E-state index in [0.717, 1.165) is 7.11 Å². The molecule has 1 heterocycles. The number of aromatic nitrogens is 1. The van der Waals surface area contributed by atoms with Gasteiger partial charge in [-0.15, -0.1) is 13.2 Å². The zero-order valence-corrected chi connectivity index (χ0v) is 8.91. The van der Waals surface area contributed by atoms with Crippen LogP contribution in [0.25, 0.3) is 0 Å². The highest BCUT2D eigenvalue weighted by atomic mass is 19.4. The maximum Gasteiger partial charge on any atom is 0.574 e. The van der Waals surface area contributed by atoms with Gasteiger partial charge in [-0.1, -0.05) is 0 Å². The van der Waals surface area contributed by atoms with Crippen LogP contribution in [0.15, 0.2) is 6.07 Å². The van der Waals surface area contributed by atoms with Crippen LogP contribution in [-0.2, 0) is 4.74 Å². The molecule has 0 bridgehead atoms. The van der Waals surface area contributed by atoms with Gasteiger partial charge in [0.1, 0.15) is 6.07 Å². The second kappa shape index (κ2) is 4.79. The predicted octanol–water partition coefficient (Wildman–Crippen LogP) is 1.22. The fourth-order valence-electron chi connectivity index (χ4n) is 1.05. The van der Waals surface area contributed by atoms with E-state index in [4.69, 9.17) is 11.0 Å². The van der Waals surface area contributed by atoms with E-state index in [-0.39, 0.29) is 11.3 Å². The Hall–Kier alpha value is -2.50. The summed E-state index contributed by atoms with van der Waals surface area (Å²) in [5.74, 6) is -2.04. The minimum atomic E-state index is -5.00. The van der Waals surface area contributed by atoms with Crippen molar-refractivity contribution >= 4 is 11.7 Å². The van der Waals surface area contributed by atoms with E-state index in [2.05, 4.69) is 14.5 Å². The third kappa shape index (κ3) is 3.00. The smallest absolute Gasteiger partial charge is 0.464 e. The van der Waals surface area contributed by atoms with Gasteiger partial charge >= 0.3 is 12.3 Å². The van der Waals surface area contributed by atoms with E-state index in [1.807, 2.05) is 0 Å². The molecule has 6 nitrogen and oxygen atoms in total. The summed E-state index contributed by atoms with van der Waals surface area (Å²) >= 11 is 0. The van der Waals surface area contributed by atoms with Crippen LogP contribution in [-0.4, -0.2) is 24.4 Å². The van der Waals surface area contributed by atoms with Gasteiger partial charge < -0.3 is 15.2 Å². The summed E-state index contributed by atoms with van der Waals surface area (Å²) in [6.45, 7) is 0. The molecule has 1 aromatic heterocycles. The monoisotopic (exact) mass is 261 g/mol. The Morgan fingerprint density at radius 1 is 1.56 bits per heavy atom. The van der Waals surface area contributed by atoms with Gasteiger partial charge in [0, 0.05) is 6.07 Å². The summed E-state index contributed by atoms with van der Waals surface area (Å²) in [6.07, 6.45) is -5.00. The van der Waals surface area contributed by atoms with Gasteiger partial charge in [-0.25, -0.2) is 9.78 Å². The first kappa shape index (κ1) is 13.6. The van der Waals surface area contributed by atoms with Crippen molar-refractivity contribution in [2.24, 2.45) is 0 Å². The van der Waals surface area contributed by atoms with E-state index < -0.39 is 23.9 Å². The molecule has 0 aliphatic carbocycles. The van der Waals surface area contributed by atoms with Gasteiger partial charge in [-0.3, -0.25) is 0 Å². The number of nitrogen functional groups attached to an aromatic ring is 1. The first-order valence-electron chi connectivity index (χ1n) is 4.33. The number of halogens is 3. The topological polar surface area (TPSA) is 98.2 Å². The summed E-state index contributed by atoms with van der Waals surface area (Å²) in [4.78, 5) is 14.5. The van der Waals surface area contributed by atoms with Crippen molar-refractivity contribution in [2.45, 2.75) is 6.36 Å². The first-order chi connectivity index (χ1) is 8.28. The Morgan fingerprint density at radius 3 is 2.61 bits per heavy atom. The molecular formula is C9H6F3N3O3. The molecule has 18 heavy (non-hydrogen) atoms. The van der Waals surface area contributed by atoms with Crippen LogP contribution in [0.1, 0.15) is 16.1 Å². The number of nitriles is 1. The number of rotatable bonds is 2. The molecule has 9 heteroatoms. The lowest BCUT2D eigenvalue weighted by Gasteiger charge is -2.10. The number of esters is 1. The van der Waals surface area contributed by atoms with Gasteiger partial charge in [-0.2, -0.15) is 5.26 Å². The molecule has 0 saturated carbocycles. The van der Waals surface area contributed by atoms with Crippen LogP contribution in [0.5, 0.6) is 5.88 Å². The number of hydrogen-bond donors (Lipinski definition) is 1. The number of methoxy groups -OCH3 is 1. The van der Waals surface area contributed by atoms with Gasteiger partial charge in [-0.05, 0) is 0 Å². The average Bonchev–Trinajstić information content (AvgIpc) is 2.28. The van der Waals surface area contributed by atoms with Crippen molar-refractivity contribution in [2.75, 3.05) is 12.8 Å². The molecule has 0 aliphatic heterocycles. The SMILES string of the molecule is COC(=O)c1nc(OC(F)(F)F)cc(C#N)c1N. The van der Waals surface area contributed by atoms with Crippen molar-refractivity contribution in [1.82, 2.24) is 4.98 Å². The minimum absolute atomic E-state index is 0.371. The van der Waals surface area contributed by atoms with Gasteiger partial charge in [0.25, 0.3) is 0 Å². The van der Waals surface area contributed by atoms with Crippen LogP contribution in [0.2, 0.25) is 0 Å². The number of nitrogens with zero attached hydrogens (tertiary/aromatic N) is 2. The molecule has 1 aromatic rings. The highest BCUT2D eigenvalue weighted by molar-refractivity contribution is 5.94. The molecule has 0 aromatic carbocycles. The van der Waals surface area contributed by atoms with Crippen molar-refractivity contribution < 1.29 is 27.4 Å². The molecule has 0 aliphatic rings. The van der Waals surface area contributed by atoms with E-state index in [1.54, 1.807) is 0 Å². The Morgan fingerprint density at radius 2 is 2.17 bits per heavy atom. The second-order valence-corrected chi connectivity index (χ2v) is 2.92. The number of alkyl halides is 3. The van der Waals surface area contributed by atoms with E-state index >= 15 is 0 Å².